The van der Waals surface area contributed by atoms with Gasteiger partial charge in [0.15, 0.2) is 9.84 Å². The summed E-state index contributed by atoms with van der Waals surface area (Å²) in [7, 11) is -7.32. The fourth-order valence-electron chi connectivity index (χ4n) is 2.93. The van der Waals surface area contributed by atoms with Crippen LogP contribution >= 0.6 is 0 Å². The summed E-state index contributed by atoms with van der Waals surface area (Å²) in [5.74, 6) is -0.798. The molecule has 1 atom stereocenters. The van der Waals surface area contributed by atoms with Crippen molar-refractivity contribution in [3.8, 4) is 0 Å². The zero-order valence-electron chi connectivity index (χ0n) is 14.9. The molecule has 1 aromatic carbocycles. The van der Waals surface area contributed by atoms with Crippen molar-refractivity contribution in [1.29, 1.82) is 0 Å². The number of rotatable bonds is 7. The van der Waals surface area contributed by atoms with Crippen LogP contribution in [0.25, 0.3) is 0 Å². The minimum absolute atomic E-state index is 0.0109. The van der Waals surface area contributed by atoms with Crippen LogP contribution in [0.3, 0.4) is 0 Å². The van der Waals surface area contributed by atoms with E-state index >= 15 is 0 Å². The average Bonchev–Trinajstić information content (AvgIpc) is 2.90. The summed E-state index contributed by atoms with van der Waals surface area (Å²) < 4.78 is 49.5. The molecule has 0 bridgehead atoms. The lowest BCUT2D eigenvalue weighted by Gasteiger charge is -2.22. The van der Waals surface area contributed by atoms with E-state index in [0.717, 1.165) is 4.31 Å². The van der Waals surface area contributed by atoms with Crippen LogP contribution in [0.2, 0.25) is 0 Å². The molecule has 1 saturated heterocycles. The van der Waals surface area contributed by atoms with Crippen molar-refractivity contribution < 1.29 is 26.6 Å². The van der Waals surface area contributed by atoms with E-state index in [1.54, 1.807) is 0 Å². The molecule has 1 aromatic rings. The molecule has 27 heavy (non-hydrogen) atoms. The van der Waals surface area contributed by atoms with Crippen LogP contribution in [0.1, 0.15) is 18.9 Å². The van der Waals surface area contributed by atoms with E-state index in [0.29, 0.717) is 0 Å². The second kappa shape index (κ2) is 7.90. The largest absolute Gasteiger partial charge is 0.351 e. The van der Waals surface area contributed by atoms with Crippen molar-refractivity contribution in [3.05, 3.63) is 33.9 Å². The molecule has 1 N–H and O–H groups in total. The van der Waals surface area contributed by atoms with Gasteiger partial charge in [0, 0.05) is 24.2 Å². The van der Waals surface area contributed by atoms with Gasteiger partial charge in [-0.1, -0.05) is 13.0 Å². The second-order valence-corrected chi connectivity index (χ2v) is 10.4. The molecule has 0 aliphatic carbocycles. The zero-order chi connectivity index (χ0) is 20.4. The van der Waals surface area contributed by atoms with Crippen molar-refractivity contribution in [3.63, 3.8) is 0 Å². The van der Waals surface area contributed by atoms with Crippen LogP contribution in [-0.4, -0.2) is 62.6 Å². The van der Waals surface area contributed by atoms with E-state index in [1.165, 1.54) is 32.0 Å². The molecule has 0 spiro atoms. The van der Waals surface area contributed by atoms with Crippen LogP contribution in [0.5, 0.6) is 0 Å². The second-order valence-electron chi connectivity index (χ2n) is 6.26. The Morgan fingerprint density at radius 1 is 1.41 bits per heavy atom. The van der Waals surface area contributed by atoms with Crippen molar-refractivity contribution in [2.45, 2.75) is 31.2 Å². The third kappa shape index (κ3) is 4.82. The highest BCUT2D eigenvalue weighted by Crippen LogP contribution is 2.27. The molecule has 0 saturated carbocycles. The van der Waals surface area contributed by atoms with Gasteiger partial charge in [0.25, 0.3) is 5.69 Å². The molecule has 10 nitrogen and oxygen atoms in total. The molecular formula is C15H21N3O7S2. The van der Waals surface area contributed by atoms with Crippen LogP contribution < -0.4 is 5.32 Å². The van der Waals surface area contributed by atoms with Gasteiger partial charge in [-0.05, 0) is 19.4 Å². The van der Waals surface area contributed by atoms with Crippen LogP contribution in [0, 0.1) is 17.0 Å². The van der Waals surface area contributed by atoms with E-state index in [9.17, 15) is 31.7 Å². The van der Waals surface area contributed by atoms with E-state index in [4.69, 9.17) is 0 Å². The summed E-state index contributed by atoms with van der Waals surface area (Å²) in [6.45, 7) is 2.35. The Balaban J connectivity index is 2.20. The highest BCUT2D eigenvalue weighted by molar-refractivity contribution is 7.91. The number of likely N-dealkylation sites (N-methyl/N-ethyl adjacent to an activating group) is 1. The number of sulfone groups is 1. The van der Waals surface area contributed by atoms with Gasteiger partial charge in [0.05, 0.1) is 27.9 Å². The first kappa shape index (κ1) is 21.3. The van der Waals surface area contributed by atoms with E-state index in [-0.39, 0.29) is 40.6 Å². The number of carbonyl (C=O) groups excluding carboxylic acids is 1. The molecule has 150 valence electrons. The maximum atomic E-state index is 12.9. The summed E-state index contributed by atoms with van der Waals surface area (Å²) >= 11 is 0. The Morgan fingerprint density at radius 2 is 2.07 bits per heavy atom. The molecule has 1 unspecified atom stereocenters. The number of nitro groups is 1. The molecule has 12 heteroatoms. The number of nitro benzene ring substituents is 1. The zero-order valence-corrected chi connectivity index (χ0v) is 16.5. The molecule has 0 aromatic heterocycles. The molecule has 1 amide bonds. The lowest BCUT2D eigenvalue weighted by atomic mass is 10.2. The van der Waals surface area contributed by atoms with Gasteiger partial charge in [0.1, 0.15) is 0 Å². The highest BCUT2D eigenvalue weighted by atomic mass is 32.2. The lowest BCUT2D eigenvalue weighted by molar-refractivity contribution is -0.385. The summed E-state index contributed by atoms with van der Waals surface area (Å²) in [6.07, 6.45) is 0.289. The van der Waals surface area contributed by atoms with Gasteiger partial charge in [-0.3, -0.25) is 14.9 Å². The van der Waals surface area contributed by atoms with Crippen LogP contribution in [-0.2, 0) is 24.7 Å². The number of nitrogens with zero attached hydrogens (tertiary/aromatic N) is 2. The fourth-order valence-corrected chi connectivity index (χ4v) is 6.25. The maximum Gasteiger partial charge on any atom is 0.273 e. The number of nitrogens with one attached hydrogen (secondary N) is 1. The Hall–Kier alpha value is -2.05. The van der Waals surface area contributed by atoms with Crippen molar-refractivity contribution in [2.75, 3.05) is 24.6 Å². The minimum atomic E-state index is -4.14. The summed E-state index contributed by atoms with van der Waals surface area (Å²) in [5, 5.41) is 13.6. The molecule has 0 radical (unpaired) electrons. The standard InChI is InChI=1S/C15H21N3O7S2/c1-3-17(9-15(19)16-12-7-8-26(22,23)10-12)27(24,25)14-6-4-5-13(11(14)2)18(20)21/h4-6,12H,3,7-10H2,1-2H3,(H,16,19). The van der Waals surface area contributed by atoms with Gasteiger partial charge in [0.2, 0.25) is 15.9 Å². The maximum absolute atomic E-state index is 12.9. The van der Waals surface area contributed by atoms with Crippen LogP contribution in [0.4, 0.5) is 5.69 Å². The van der Waals surface area contributed by atoms with Crippen LogP contribution in [0.15, 0.2) is 23.1 Å². The third-order valence-corrected chi connectivity index (χ3v) is 8.17. The van der Waals surface area contributed by atoms with Gasteiger partial charge in [-0.2, -0.15) is 4.31 Å². The molecule has 1 aliphatic heterocycles. The molecular weight excluding hydrogens is 398 g/mol. The van der Waals surface area contributed by atoms with Gasteiger partial charge >= 0.3 is 0 Å². The SMILES string of the molecule is CCN(CC(=O)NC1CCS(=O)(=O)C1)S(=O)(=O)c1cccc([N+](=O)[O-])c1C. The molecule has 2 rings (SSSR count). The predicted octanol–water partition coefficient (Wildman–Crippen LogP) is 0.217. The smallest absolute Gasteiger partial charge is 0.273 e. The highest BCUT2D eigenvalue weighted by Gasteiger charge is 2.32. The van der Waals surface area contributed by atoms with E-state index in [2.05, 4.69) is 5.32 Å². The van der Waals surface area contributed by atoms with Gasteiger partial charge < -0.3 is 5.32 Å². The summed E-state index contributed by atoms with van der Waals surface area (Å²) in [4.78, 5) is 22.3. The first-order valence-electron chi connectivity index (χ1n) is 8.22. The van der Waals surface area contributed by atoms with Gasteiger partial charge in [-0.25, -0.2) is 16.8 Å². The Morgan fingerprint density at radius 3 is 2.59 bits per heavy atom. The van der Waals surface area contributed by atoms with E-state index < -0.39 is 43.3 Å². The normalized spacial score (nSPS) is 19.1. The number of sulfonamides is 1. The Kier molecular flexibility index (Phi) is 6.22. The number of hydrogen-bond acceptors (Lipinski definition) is 7. The Bertz CT molecular complexity index is 958. The number of hydrogen-bond donors (Lipinski definition) is 1. The van der Waals surface area contributed by atoms with E-state index in [1.807, 2.05) is 0 Å². The Labute approximate surface area is 157 Å². The third-order valence-electron chi connectivity index (χ3n) is 4.34. The summed E-state index contributed by atoms with van der Waals surface area (Å²) in [5.41, 5.74) is -0.337. The number of benzene rings is 1. The number of carbonyl (C=O) groups is 1. The van der Waals surface area contributed by atoms with Crippen molar-refractivity contribution in [2.24, 2.45) is 0 Å². The molecule has 1 aliphatic rings. The molecule has 1 heterocycles. The summed E-state index contributed by atoms with van der Waals surface area (Å²) in [6, 6.07) is 3.19. The lowest BCUT2D eigenvalue weighted by Crippen LogP contribution is -2.44. The topological polar surface area (TPSA) is 144 Å². The van der Waals surface area contributed by atoms with Crippen molar-refractivity contribution in [1.82, 2.24) is 9.62 Å². The predicted molar refractivity (Wildman–Crippen MR) is 97.5 cm³/mol. The quantitative estimate of drug-likeness (QED) is 0.491. The average molecular weight is 419 g/mol. The minimum Gasteiger partial charge on any atom is -0.351 e. The molecule has 1 fully saturated rings. The van der Waals surface area contributed by atoms with Gasteiger partial charge in [-0.15, -0.1) is 0 Å². The first-order valence-corrected chi connectivity index (χ1v) is 11.5. The monoisotopic (exact) mass is 419 g/mol. The first-order chi connectivity index (χ1) is 12.5. The van der Waals surface area contributed by atoms with Crippen molar-refractivity contribution >= 4 is 31.5 Å². The number of amides is 1. The fraction of sp³-hybridized carbons (Fsp3) is 0.533.